The van der Waals surface area contributed by atoms with E-state index in [1.165, 1.54) is 4.90 Å². The number of sulfonamides is 1. The van der Waals surface area contributed by atoms with Crippen molar-refractivity contribution in [1.82, 2.24) is 10.2 Å². The highest BCUT2D eigenvalue weighted by molar-refractivity contribution is 7.92. The first-order valence-corrected chi connectivity index (χ1v) is 15.1. The number of benzene rings is 2. The molecule has 2 amide bonds. The molecule has 1 atom stereocenters. The highest BCUT2D eigenvalue weighted by atomic mass is 35.5. The zero-order chi connectivity index (χ0) is 27.3. The highest BCUT2D eigenvalue weighted by Gasteiger charge is 2.31. The van der Waals surface area contributed by atoms with Crippen molar-refractivity contribution in [2.45, 2.75) is 71.5 Å². The summed E-state index contributed by atoms with van der Waals surface area (Å²) in [4.78, 5) is 28.4. The van der Waals surface area contributed by atoms with Crippen molar-refractivity contribution in [2.24, 2.45) is 0 Å². The van der Waals surface area contributed by atoms with Gasteiger partial charge >= 0.3 is 0 Å². The van der Waals surface area contributed by atoms with Crippen LogP contribution >= 0.6 is 23.2 Å². The molecule has 7 nitrogen and oxygen atoms in total. The summed E-state index contributed by atoms with van der Waals surface area (Å²) in [6.45, 7) is 4.96. The minimum Gasteiger partial charge on any atom is -0.352 e. The van der Waals surface area contributed by atoms with Crippen molar-refractivity contribution in [3.63, 3.8) is 0 Å². The fourth-order valence-corrected chi connectivity index (χ4v) is 5.99. The van der Waals surface area contributed by atoms with Crippen molar-refractivity contribution >= 4 is 50.7 Å². The molecule has 0 aromatic heterocycles. The van der Waals surface area contributed by atoms with Crippen LogP contribution in [0.25, 0.3) is 0 Å². The lowest BCUT2D eigenvalue weighted by Crippen LogP contribution is -2.53. The second kappa shape index (κ2) is 12.5. The number of halogens is 2. The Kier molecular flexibility index (Phi) is 9.89. The molecule has 0 bridgehead atoms. The Morgan fingerprint density at radius 1 is 1.03 bits per heavy atom. The number of nitrogens with one attached hydrogen (secondary N) is 1. The van der Waals surface area contributed by atoms with Gasteiger partial charge < -0.3 is 10.2 Å². The average Bonchev–Trinajstić information content (AvgIpc) is 2.80. The third kappa shape index (κ3) is 8.09. The molecule has 202 valence electrons. The monoisotopic (exact) mass is 567 g/mol. The SMILES string of the molecule is Cc1cc(C)cc(N(CC(=O)N(Cc2ccc(Cl)cc2Cl)[C@H](C)C(=O)NC2CCCCC2)S(C)(=O)=O)c1. The summed E-state index contributed by atoms with van der Waals surface area (Å²) in [5.74, 6) is -0.787. The Balaban J connectivity index is 1.92. The molecular formula is C27H35Cl2N3O4S. The third-order valence-electron chi connectivity index (χ3n) is 6.65. The Morgan fingerprint density at radius 3 is 2.22 bits per heavy atom. The summed E-state index contributed by atoms with van der Waals surface area (Å²) < 4.78 is 26.6. The van der Waals surface area contributed by atoms with Gasteiger partial charge in [0.05, 0.1) is 11.9 Å². The molecule has 3 rings (SSSR count). The molecular weight excluding hydrogens is 533 g/mol. The van der Waals surface area contributed by atoms with E-state index in [2.05, 4.69) is 5.32 Å². The van der Waals surface area contributed by atoms with E-state index < -0.39 is 28.5 Å². The first-order valence-electron chi connectivity index (χ1n) is 12.4. The molecule has 0 saturated heterocycles. The van der Waals surface area contributed by atoms with Crippen molar-refractivity contribution in [1.29, 1.82) is 0 Å². The number of hydrogen-bond donors (Lipinski definition) is 1. The van der Waals surface area contributed by atoms with Gasteiger partial charge in [0.2, 0.25) is 21.8 Å². The standard InChI is InChI=1S/C27H35Cl2N3O4S/c1-18-12-19(2)14-24(13-18)32(37(4,35)36)17-26(33)31(16-21-10-11-22(28)15-25(21)29)20(3)27(34)30-23-8-6-5-7-9-23/h10-15,20,23H,5-9,16-17H2,1-4H3,(H,30,34)/t20-/m1/s1. The molecule has 2 aromatic rings. The van der Waals surface area contributed by atoms with Crippen molar-refractivity contribution < 1.29 is 18.0 Å². The van der Waals surface area contributed by atoms with Crippen molar-refractivity contribution in [3.8, 4) is 0 Å². The summed E-state index contributed by atoms with van der Waals surface area (Å²) in [7, 11) is -3.79. The van der Waals surface area contributed by atoms with Crippen molar-refractivity contribution in [2.75, 3.05) is 17.1 Å². The molecule has 0 heterocycles. The van der Waals surface area contributed by atoms with E-state index in [0.29, 0.717) is 21.3 Å². The maximum atomic E-state index is 13.7. The lowest BCUT2D eigenvalue weighted by Gasteiger charge is -2.33. The topological polar surface area (TPSA) is 86.8 Å². The molecule has 1 aliphatic carbocycles. The molecule has 1 saturated carbocycles. The second-order valence-corrected chi connectivity index (χ2v) is 12.6. The molecule has 37 heavy (non-hydrogen) atoms. The largest absolute Gasteiger partial charge is 0.352 e. The van der Waals surface area contributed by atoms with Gasteiger partial charge in [-0.25, -0.2) is 8.42 Å². The van der Waals surface area contributed by atoms with Crippen LogP contribution in [0.3, 0.4) is 0 Å². The summed E-state index contributed by atoms with van der Waals surface area (Å²) in [5, 5.41) is 3.89. The van der Waals surface area contributed by atoms with Crippen LogP contribution in [0.1, 0.15) is 55.7 Å². The quantitative estimate of drug-likeness (QED) is 0.448. The van der Waals surface area contributed by atoms with E-state index >= 15 is 0 Å². The van der Waals surface area contributed by atoms with Crippen LogP contribution in [0.4, 0.5) is 5.69 Å². The van der Waals surface area contributed by atoms with Gasteiger partial charge in [0.15, 0.2) is 0 Å². The maximum Gasteiger partial charge on any atom is 0.244 e. The van der Waals surface area contributed by atoms with Gasteiger partial charge in [-0.05, 0) is 74.6 Å². The van der Waals surface area contributed by atoms with Crippen LogP contribution in [0.15, 0.2) is 36.4 Å². The molecule has 1 N–H and O–H groups in total. The van der Waals surface area contributed by atoms with Gasteiger partial charge in [0.25, 0.3) is 0 Å². The van der Waals surface area contributed by atoms with E-state index in [0.717, 1.165) is 53.8 Å². The van der Waals surface area contributed by atoms with Crippen LogP contribution in [-0.2, 0) is 26.2 Å². The van der Waals surface area contributed by atoms with Crippen LogP contribution in [0, 0.1) is 13.8 Å². The van der Waals surface area contributed by atoms with E-state index in [4.69, 9.17) is 23.2 Å². The predicted molar refractivity (Wildman–Crippen MR) is 150 cm³/mol. The first kappa shape index (κ1) is 29.3. The number of nitrogens with zero attached hydrogens (tertiary/aromatic N) is 2. The van der Waals surface area contributed by atoms with Crippen LogP contribution in [-0.4, -0.2) is 50.0 Å². The number of hydrogen-bond acceptors (Lipinski definition) is 4. The summed E-state index contributed by atoms with van der Waals surface area (Å²) in [5.41, 5.74) is 2.76. The molecule has 0 radical (unpaired) electrons. The summed E-state index contributed by atoms with van der Waals surface area (Å²) in [6, 6.07) is 9.54. The van der Waals surface area contributed by atoms with E-state index in [1.54, 1.807) is 37.3 Å². The van der Waals surface area contributed by atoms with Gasteiger partial charge in [-0.2, -0.15) is 0 Å². The average molecular weight is 569 g/mol. The predicted octanol–water partition coefficient (Wildman–Crippen LogP) is 5.24. The molecule has 0 aliphatic heterocycles. The fourth-order valence-electron chi connectivity index (χ4n) is 4.69. The van der Waals surface area contributed by atoms with Gasteiger partial charge in [-0.1, -0.05) is 54.6 Å². The number of rotatable bonds is 9. The Bertz CT molecular complexity index is 1230. The molecule has 2 aromatic carbocycles. The summed E-state index contributed by atoms with van der Waals surface area (Å²) in [6.07, 6.45) is 6.15. The lowest BCUT2D eigenvalue weighted by molar-refractivity contribution is -0.139. The number of anilines is 1. The van der Waals surface area contributed by atoms with Crippen LogP contribution in [0.2, 0.25) is 10.0 Å². The van der Waals surface area contributed by atoms with Crippen LogP contribution in [0.5, 0.6) is 0 Å². The smallest absolute Gasteiger partial charge is 0.244 e. The Morgan fingerprint density at radius 2 is 1.65 bits per heavy atom. The highest BCUT2D eigenvalue weighted by Crippen LogP contribution is 2.25. The fraction of sp³-hybridized carbons (Fsp3) is 0.481. The van der Waals surface area contributed by atoms with E-state index in [9.17, 15) is 18.0 Å². The lowest BCUT2D eigenvalue weighted by atomic mass is 9.95. The Hall–Kier alpha value is -2.29. The van der Waals surface area contributed by atoms with Gasteiger partial charge in [0, 0.05) is 22.6 Å². The normalized spacial score (nSPS) is 15.2. The zero-order valence-electron chi connectivity index (χ0n) is 21.8. The third-order valence-corrected chi connectivity index (χ3v) is 8.38. The number of amides is 2. The molecule has 0 spiro atoms. The minimum absolute atomic E-state index is 0.0263. The second-order valence-electron chi connectivity index (χ2n) is 9.89. The number of aryl methyl sites for hydroxylation is 2. The van der Waals surface area contributed by atoms with Gasteiger partial charge in [-0.15, -0.1) is 0 Å². The molecule has 1 fully saturated rings. The number of carbonyl (C=O) groups is 2. The van der Waals surface area contributed by atoms with Crippen molar-refractivity contribution in [3.05, 3.63) is 63.1 Å². The molecule has 10 heteroatoms. The van der Waals surface area contributed by atoms with E-state index in [1.807, 2.05) is 19.9 Å². The van der Waals surface area contributed by atoms with Gasteiger partial charge in [0.1, 0.15) is 12.6 Å². The Labute approximate surface area is 230 Å². The summed E-state index contributed by atoms with van der Waals surface area (Å²) >= 11 is 12.4. The maximum absolute atomic E-state index is 13.7. The zero-order valence-corrected chi connectivity index (χ0v) is 24.1. The first-order chi connectivity index (χ1) is 17.3. The molecule has 1 aliphatic rings. The van der Waals surface area contributed by atoms with E-state index in [-0.39, 0.29) is 18.5 Å². The molecule has 0 unspecified atom stereocenters. The van der Waals surface area contributed by atoms with Crippen LogP contribution < -0.4 is 9.62 Å². The minimum atomic E-state index is -3.79. The van der Waals surface area contributed by atoms with Gasteiger partial charge in [-0.3, -0.25) is 13.9 Å². The number of carbonyl (C=O) groups excluding carboxylic acids is 2.